The first kappa shape index (κ1) is 16.0. The predicted octanol–water partition coefficient (Wildman–Crippen LogP) is 3.23. The molecule has 0 spiro atoms. The third-order valence-corrected chi connectivity index (χ3v) is 3.65. The van der Waals surface area contributed by atoms with E-state index in [0.29, 0.717) is 26.1 Å². The zero-order chi connectivity index (χ0) is 14.1. The van der Waals surface area contributed by atoms with E-state index in [1.165, 1.54) is 0 Å². The molecule has 0 unspecified atom stereocenters. The lowest BCUT2D eigenvalue weighted by Crippen LogP contribution is -2.31. The molecule has 0 atom stereocenters. The van der Waals surface area contributed by atoms with E-state index in [9.17, 15) is 9.59 Å². The number of rotatable bonds is 8. The number of carbonyl (C=O) groups is 2. The van der Waals surface area contributed by atoms with Gasteiger partial charge in [0.2, 0.25) is 0 Å². The summed E-state index contributed by atoms with van der Waals surface area (Å²) in [6.45, 7) is 4.70. The van der Waals surface area contributed by atoms with Crippen molar-refractivity contribution in [2.75, 3.05) is 13.2 Å². The average Bonchev–Trinajstić information content (AvgIpc) is 2.84. The summed E-state index contributed by atoms with van der Waals surface area (Å²) in [5.74, 6) is -0.290. The predicted molar refractivity (Wildman–Crippen MR) is 72.6 cm³/mol. The number of esters is 2. The normalized spacial score (nSPS) is 17.2. The van der Waals surface area contributed by atoms with Gasteiger partial charge in [0.25, 0.3) is 0 Å². The first-order chi connectivity index (χ1) is 9.12. The van der Waals surface area contributed by atoms with Crippen LogP contribution in [0.4, 0.5) is 0 Å². The SMILES string of the molecule is CCCC(=O)OCC1(COC(=O)CCC)CCCC1. The number of carbonyl (C=O) groups excluding carboxylic acids is 2. The largest absolute Gasteiger partial charge is 0.465 e. The molecule has 0 heterocycles. The van der Waals surface area contributed by atoms with Crippen LogP contribution in [0.2, 0.25) is 0 Å². The smallest absolute Gasteiger partial charge is 0.305 e. The number of ether oxygens (including phenoxy) is 2. The van der Waals surface area contributed by atoms with E-state index < -0.39 is 0 Å². The van der Waals surface area contributed by atoms with Gasteiger partial charge in [-0.1, -0.05) is 26.7 Å². The van der Waals surface area contributed by atoms with Gasteiger partial charge >= 0.3 is 11.9 Å². The van der Waals surface area contributed by atoms with Crippen LogP contribution in [0.15, 0.2) is 0 Å². The van der Waals surface area contributed by atoms with Crippen molar-refractivity contribution < 1.29 is 19.1 Å². The molecule has 0 aliphatic heterocycles. The molecule has 110 valence electrons. The summed E-state index contributed by atoms with van der Waals surface area (Å²) in [4.78, 5) is 22.9. The number of hydrogen-bond acceptors (Lipinski definition) is 4. The lowest BCUT2D eigenvalue weighted by Gasteiger charge is -2.27. The molecule has 1 rings (SSSR count). The highest BCUT2D eigenvalue weighted by Crippen LogP contribution is 2.38. The second kappa shape index (κ2) is 8.18. The molecule has 1 fully saturated rings. The van der Waals surface area contributed by atoms with Crippen molar-refractivity contribution >= 4 is 11.9 Å². The van der Waals surface area contributed by atoms with Crippen LogP contribution in [0.3, 0.4) is 0 Å². The van der Waals surface area contributed by atoms with Crippen molar-refractivity contribution in [3.8, 4) is 0 Å². The Morgan fingerprint density at radius 3 is 1.68 bits per heavy atom. The first-order valence-corrected chi connectivity index (χ1v) is 7.43. The standard InChI is InChI=1S/C15H26O4/c1-3-7-13(16)18-11-15(9-5-6-10-15)12-19-14(17)8-4-2/h3-12H2,1-2H3. The summed E-state index contributed by atoms with van der Waals surface area (Å²) in [5.41, 5.74) is -0.132. The van der Waals surface area contributed by atoms with Crippen LogP contribution in [0.1, 0.15) is 65.2 Å². The Kier molecular flexibility index (Phi) is 6.89. The van der Waals surface area contributed by atoms with Crippen molar-refractivity contribution in [1.29, 1.82) is 0 Å². The van der Waals surface area contributed by atoms with E-state index in [2.05, 4.69) is 0 Å². The van der Waals surface area contributed by atoms with Crippen molar-refractivity contribution in [3.63, 3.8) is 0 Å². The second-order valence-corrected chi connectivity index (χ2v) is 5.53. The minimum Gasteiger partial charge on any atom is -0.465 e. The topological polar surface area (TPSA) is 52.6 Å². The van der Waals surface area contributed by atoms with Gasteiger partial charge < -0.3 is 9.47 Å². The van der Waals surface area contributed by atoms with Gasteiger partial charge in [-0.05, 0) is 25.7 Å². The zero-order valence-electron chi connectivity index (χ0n) is 12.2. The molecule has 1 saturated carbocycles. The minimum atomic E-state index is -0.145. The summed E-state index contributed by atoms with van der Waals surface area (Å²) in [5, 5.41) is 0. The Hall–Kier alpha value is -1.06. The minimum absolute atomic E-state index is 0.132. The molecular formula is C15H26O4. The monoisotopic (exact) mass is 270 g/mol. The maximum Gasteiger partial charge on any atom is 0.305 e. The highest BCUT2D eigenvalue weighted by molar-refractivity contribution is 5.69. The second-order valence-electron chi connectivity index (χ2n) is 5.53. The molecule has 19 heavy (non-hydrogen) atoms. The molecule has 1 aliphatic rings. The molecule has 0 saturated heterocycles. The summed E-state index contributed by atoms with van der Waals surface area (Å²) in [6.07, 6.45) is 6.73. The third-order valence-electron chi connectivity index (χ3n) is 3.65. The number of hydrogen-bond donors (Lipinski definition) is 0. The fraction of sp³-hybridized carbons (Fsp3) is 0.867. The van der Waals surface area contributed by atoms with Crippen LogP contribution >= 0.6 is 0 Å². The molecule has 4 nitrogen and oxygen atoms in total. The lowest BCUT2D eigenvalue weighted by atomic mass is 9.88. The molecule has 0 aromatic heterocycles. The van der Waals surface area contributed by atoms with E-state index >= 15 is 0 Å². The van der Waals surface area contributed by atoms with Crippen molar-refractivity contribution in [1.82, 2.24) is 0 Å². The van der Waals surface area contributed by atoms with Crippen LogP contribution in [-0.4, -0.2) is 25.2 Å². The fourth-order valence-corrected chi connectivity index (χ4v) is 2.48. The maximum atomic E-state index is 11.5. The fourth-order valence-electron chi connectivity index (χ4n) is 2.48. The summed E-state index contributed by atoms with van der Waals surface area (Å²) in [7, 11) is 0. The lowest BCUT2D eigenvalue weighted by molar-refractivity contribution is -0.154. The highest BCUT2D eigenvalue weighted by atomic mass is 16.5. The van der Waals surface area contributed by atoms with Gasteiger partial charge in [-0.25, -0.2) is 0 Å². The molecular weight excluding hydrogens is 244 g/mol. The van der Waals surface area contributed by atoms with Gasteiger partial charge in [0, 0.05) is 18.3 Å². The van der Waals surface area contributed by atoms with Gasteiger partial charge in [0.15, 0.2) is 0 Å². The van der Waals surface area contributed by atoms with Crippen LogP contribution in [-0.2, 0) is 19.1 Å². The van der Waals surface area contributed by atoms with Crippen LogP contribution in [0, 0.1) is 5.41 Å². The first-order valence-electron chi connectivity index (χ1n) is 7.43. The van der Waals surface area contributed by atoms with Crippen LogP contribution in [0.5, 0.6) is 0 Å². The molecule has 0 aromatic rings. The van der Waals surface area contributed by atoms with Crippen molar-refractivity contribution in [2.24, 2.45) is 5.41 Å². The Labute approximate surface area is 115 Å². The third kappa shape index (κ3) is 5.62. The molecule has 0 amide bonds. The van der Waals surface area contributed by atoms with E-state index in [0.717, 1.165) is 38.5 Å². The average molecular weight is 270 g/mol. The summed E-state index contributed by atoms with van der Waals surface area (Å²) >= 11 is 0. The van der Waals surface area contributed by atoms with Gasteiger partial charge in [-0.15, -0.1) is 0 Å². The van der Waals surface area contributed by atoms with Crippen molar-refractivity contribution in [3.05, 3.63) is 0 Å². The molecule has 0 radical (unpaired) electrons. The highest BCUT2D eigenvalue weighted by Gasteiger charge is 2.36. The van der Waals surface area contributed by atoms with Gasteiger partial charge in [-0.3, -0.25) is 9.59 Å². The van der Waals surface area contributed by atoms with E-state index in [4.69, 9.17) is 9.47 Å². The molecule has 0 aromatic carbocycles. The molecule has 0 N–H and O–H groups in total. The summed E-state index contributed by atoms with van der Waals surface area (Å²) < 4.78 is 10.7. The Morgan fingerprint density at radius 2 is 1.32 bits per heavy atom. The van der Waals surface area contributed by atoms with E-state index in [1.54, 1.807) is 0 Å². The summed E-state index contributed by atoms with van der Waals surface area (Å²) in [6, 6.07) is 0. The van der Waals surface area contributed by atoms with Gasteiger partial charge in [0.05, 0.1) is 0 Å². The molecule has 1 aliphatic carbocycles. The maximum absolute atomic E-state index is 11.5. The Balaban J connectivity index is 2.41. The van der Waals surface area contributed by atoms with Gasteiger partial charge in [0.1, 0.15) is 13.2 Å². The molecule has 4 heteroatoms. The van der Waals surface area contributed by atoms with E-state index in [1.807, 2.05) is 13.8 Å². The van der Waals surface area contributed by atoms with Gasteiger partial charge in [-0.2, -0.15) is 0 Å². The molecule has 0 bridgehead atoms. The van der Waals surface area contributed by atoms with Crippen molar-refractivity contribution in [2.45, 2.75) is 65.2 Å². The van der Waals surface area contributed by atoms with E-state index in [-0.39, 0.29) is 17.4 Å². The zero-order valence-corrected chi connectivity index (χ0v) is 12.2. The van der Waals surface area contributed by atoms with Crippen LogP contribution < -0.4 is 0 Å². The quantitative estimate of drug-likeness (QED) is 0.635. The Bertz CT molecular complexity index is 269. The van der Waals surface area contributed by atoms with Crippen LogP contribution in [0.25, 0.3) is 0 Å². The Morgan fingerprint density at radius 1 is 0.895 bits per heavy atom.